The average molecular weight is 381 g/mol. The summed E-state index contributed by atoms with van der Waals surface area (Å²) in [7, 11) is -3.72. The second-order valence-electron chi connectivity index (χ2n) is 6.12. The Bertz CT molecular complexity index is 1060. The predicted molar refractivity (Wildman–Crippen MR) is 105 cm³/mol. The molecule has 6 nitrogen and oxygen atoms in total. The van der Waals surface area contributed by atoms with Crippen LogP contribution in [0.5, 0.6) is 0 Å². The molecule has 0 fully saturated rings. The number of aromatic nitrogens is 1. The van der Waals surface area contributed by atoms with Gasteiger partial charge in [0.05, 0.1) is 10.6 Å². The fourth-order valence-electron chi connectivity index (χ4n) is 2.54. The Balaban J connectivity index is 1.75. The van der Waals surface area contributed by atoms with Crippen molar-refractivity contribution in [3.8, 4) is 0 Å². The standard InChI is InChI=1S/C20H19N3O3S/c1-14-6-11-18(15(2)13-14)23-27(25,26)17-9-7-16(8-10-17)22-20(24)19-5-3-4-12-21-19/h3-13,23H,1-2H3,(H,22,24). The maximum Gasteiger partial charge on any atom is 0.274 e. The van der Waals surface area contributed by atoms with Gasteiger partial charge in [-0.2, -0.15) is 0 Å². The summed E-state index contributed by atoms with van der Waals surface area (Å²) in [5, 5.41) is 2.69. The number of nitrogens with zero attached hydrogens (tertiary/aromatic N) is 1. The molecule has 2 aromatic carbocycles. The molecule has 1 aromatic heterocycles. The van der Waals surface area contributed by atoms with E-state index in [0.717, 1.165) is 11.1 Å². The number of pyridine rings is 1. The van der Waals surface area contributed by atoms with Crippen LogP contribution in [0.25, 0.3) is 0 Å². The van der Waals surface area contributed by atoms with Gasteiger partial charge in [-0.3, -0.25) is 14.5 Å². The first-order valence-electron chi connectivity index (χ1n) is 8.28. The quantitative estimate of drug-likeness (QED) is 0.704. The maximum absolute atomic E-state index is 12.6. The number of sulfonamides is 1. The summed E-state index contributed by atoms with van der Waals surface area (Å²) in [4.78, 5) is 16.2. The highest BCUT2D eigenvalue weighted by Crippen LogP contribution is 2.22. The molecule has 3 rings (SSSR count). The molecule has 0 atom stereocenters. The number of hydrogen-bond acceptors (Lipinski definition) is 4. The van der Waals surface area contributed by atoms with Crippen molar-refractivity contribution in [3.63, 3.8) is 0 Å². The summed E-state index contributed by atoms with van der Waals surface area (Å²) in [5.74, 6) is -0.361. The van der Waals surface area contributed by atoms with E-state index in [9.17, 15) is 13.2 Å². The highest BCUT2D eigenvalue weighted by Gasteiger charge is 2.16. The van der Waals surface area contributed by atoms with Gasteiger partial charge in [0.15, 0.2) is 0 Å². The van der Waals surface area contributed by atoms with Crippen LogP contribution in [0, 0.1) is 13.8 Å². The van der Waals surface area contributed by atoms with Gasteiger partial charge in [0, 0.05) is 11.9 Å². The number of carbonyl (C=O) groups is 1. The van der Waals surface area contributed by atoms with Crippen molar-refractivity contribution in [3.05, 3.63) is 83.7 Å². The predicted octanol–water partition coefficient (Wildman–Crippen LogP) is 3.75. The summed E-state index contributed by atoms with van der Waals surface area (Å²) in [5.41, 5.74) is 3.20. The molecule has 0 aliphatic carbocycles. The molecule has 0 aliphatic heterocycles. The Hall–Kier alpha value is -3.19. The molecule has 27 heavy (non-hydrogen) atoms. The first-order valence-corrected chi connectivity index (χ1v) is 9.76. The van der Waals surface area contributed by atoms with Crippen LogP contribution in [-0.2, 0) is 10.0 Å². The van der Waals surface area contributed by atoms with Crippen LogP contribution in [-0.4, -0.2) is 19.3 Å². The summed E-state index contributed by atoms with van der Waals surface area (Å²) in [6.07, 6.45) is 1.53. The molecule has 2 N–H and O–H groups in total. The van der Waals surface area contributed by atoms with Gasteiger partial charge in [-0.25, -0.2) is 8.42 Å². The van der Waals surface area contributed by atoms with Gasteiger partial charge in [-0.05, 0) is 61.9 Å². The third-order valence-electron chi connectivity index (χ3n) is 3.95. The van der Waals surface area contributed by atoms with Crippen LogP contribution < -0.4 is 10.0 Å². The number of aryl methyl sites for hydroxylation is 2. The van der Waals surface area contributed by atoms with Crippen molar-refractivity contribution >= 4 is 27.3 Å². The van der Waals surface area contributed by atoms with E-state index in [1.54, 1.807) is 24.3 Å². The Morgan fingerprint density at radius 2 is 1.70 bits per heavy atom. The lowest BCUT2D eigenvalue weighted by Gasteiger charge is -2.12. The van der Waals surface area contributed by atoms with Crippen LogP contribution in [0.15, 0.2) is 71.8 Å². The summed E-state index contributed by atoms with van der Waals surface area (Å²) < 4.78 is 27.8. The second-order valence-corrected chi connectivity index (χ2v) is 7.80. The molecule has 0 spiro atoms. The zero-order valence-corrected chi connectivity index (χ0v) is 15.7. The molecule has 0 bridgehead atoms. The number of nitrogens with one attached hydrogen (secondary N) is 2. The molecule has 7 heteroatoms. The molecule has 0 unspecified atom stereocenters. The largest absolute Gasteiger partial charge is 0.321 e. The van der Waals surface area contributed by atoms with Gasteiger partial charge in [0.1, 0.15) is 5.69 Å². The van der Waals surface area contributed by atoms with E-state index in [1.165, 1.54) is 30.5 Å². The Morgan fingerprint density at radius 1 is 0.963 bits per heavy atom. The van der Waals surface area contributed by atoms with E-state index in [0.29, 0.717) is 11.4 Å². The molecule has 1 heterocycles. The number of rotatable bonds is 5. The lowest BCUT2D eigenvalue weighted by atomic mass is 10.1. The topological polar surface area (TPSA) is 88.2 Å². The van der Waals surface area contributed by atoms with Crippen molar-refractivity contribution in [2.45, 2.75) is 18.7 Å². The molecule has 0 radical (unpaired) electrons. The summed E-state index contributed by atoms with van der Waals surface area (Å²) >= 11 is 0. The van der Waals surface area contributed by atoms with Gasteiger partial charge in [-0.15, -0.1) is 0 Å². The SMILES string of the molecule is Cc1ccc(NS(=O)(=O)c2ccc(NC(=O)c3ccccn3)cc2)c(C)c1. The molecule has 1 amide bonds. The number of amides is 1. The molecule has 138 valence electrons. The Labute approximate surface area is 158 Å². The first-order chi connectivity index (χ1) is 12.8. The minimum atomic E-state index is -3.72. The van der Waals surface area contributed by atoms with Crippen LogP contribution in [0.1, 0.15) is 21.6 Å². The van der Waals surface area contributed by atoms with Gasteiger partial charge >= 0.3 is 0 Å². The van der Waals surface area contributed by atoms with Gasteiger partial charge in [0.2, 0.25) is 0 Å². The van der Waals surface area contributed by atoms with E-state index >= 15 is 0 Å². The first kappa shape index (κ1) is 18.6. The molecule has 3 aromatic rings. The lowest BCUT2D eigenvalue weighted by Crippen LogP contribution is -2.15. The molecule has 0 saturated heterocycles. The molecule has 0 saturated carbocycles. The van der Waals surface area contributed by atoms with Crippen molar-refractivity contribution in [2.75, 3.05) is 10.0 Å². The van der Waals surface area contributed by atoms with Crippen molar-refractivity contribution in [2.24, 2.45) is 0 Å². The minimum Gasteiger partial charge on any atom is -0.321 e. The number of anilines is 2. The normalized spacial score (nSPS) is 11.0. The second kappa shape index (κ2) is 7.59. The Morgan fingerprint density at radius 3 is 2.33 bits per heavy atom. The van der Waals surface area contributed by atoms with Crippen LogP contribution in [0.2, 0.25) is 0 Å². The van der Waals surface area contributed by atoms with Gasteiger partial charge < -0.3 is 5.32 Å². The summed E-state index contributed by atoms with van der Waals surface area (Å²) in [6.45, 7) is 3.80. The molecular formula is C20H19N3O3S. The van der Waals surface area contributed by atoms with Gasteiger partial charge in [-0.1, -0.05) is 23.8 Å². The number of hydrogen-bond donors (Lipinski definition) is 2. The highest BCUT2D eigenvalue weighted by atomic mass is 32.2. The third kappa shape index (κ3) is 4.51. The fraction of sp³-hybridized carbons (Fsp3) is 0.100. The van der Waals surface area contributed by atoms with Gasteiger partial charge in [0.25, 0.3) is 15.9 Å². The van der Waals surface area contributed by atoms with Crippen molar-refractivity contribution < 1.29 is 13.2 Å². The zero-order valence-electron chi connectivity index (χ0n) is 14.9. The third-order valence-corrected chi connectivity index (χ3v) is 5.33. The summed E-state index contributed by atoms with van der Waals surface area (Å²) in [6, 6.07) is 16.5. The van der Waals surface area contributed by atoms with Crippen LogP contribution >= 0.6 is 0 Å². The highest BCUT2D eigenvalue weighted by molar-refractivity contribution is 7.92. The Kier molecular flexibility index (Phi) is 5.23. The van der Waals surface area contributed by atoms with E-state index in [2.05, 4.69) is 15.0 Å². The van der Waals surface area contributed by atoms with E-state index in [1.807, 2.05) is 26.0 Å². The smallest absolute Gasteiger partial charge is 0.274 e. The van der Waals surface area contributed by atoms with Crippen LogP contribution in [0.4, 0.5) is 11.4 Å². The van der Waals surface area contributed by atoms with E-state index < -0.39 is 10.0 Å². The van der Waals surface area contributed by atoms with Crippen LogP contribution in [0.3, 0.4) is 0 Å². The number of benzene rings is 2. The van der Waals surface area contributed by atoms with E-state index in [-0.39, 0.29) is 16.5 Å². The number of carbonyl (C=O) groups excluding carboxylic acids is 1. The van der Waals surface area contributed by atoms with E-state index in [4.69, 9.17) is 0 Å². The lowest BCUT2D eigenvalue weighted by molar-refractivity contribution is 0.102. The molecule has 0 aliphatic rings. The fourth-order valence-corrected chi connectivity index (χ4v) is 3.67. The van der Waals surface area contributed by atoms with Crippen molar-refractivity contribution in [1.29, 1.82) is 0 Å². The maximum atomic E-state index is 12.6. The monoisotopic (exact) mass is 381 g/mol. The zero-order chi connectivity index (χ0) is 19.4. The van der Waals surface area contributed by atoms with Crippen molar-refractivity contribution in [1.82, 2.24) is 4.98 Å². The minimum absolute atomic E-state index is 0.110. The molecular weight excluding hydrogens is 362 g/mol. The average Bonchev–Trinajstić information content (AvgIpc) is 2.65.